The number of carbonyl (C=O) groups excluding carboxylic acids is 2. The molecule has 2 atom stereocenters. The molecule has 0 aromatic heterocycles. The fourth-order valence-corrected chi connectivity index (χ4v) is 2.23. The first-order chi connectivity index (χ1) is 14.8. The number of amides is 2. The summed E-state index contributed by atoms with van der Waals surface area (Å²) in [6.45, 7) is 5.77. The molecule has 2 amide bonds. The molecule has 6 N–H and O–H groups in total. The molecule has 2 aromatic carbocycles. The second-order valence-corrected chi connectivity index (χ2v) is 6.61. The summed E-state index contributed by atoms with van der Waals surface area (Å²) in [5, 5.41) is 20.6. The second kappa shape index (κ2) is 13.6. The number of aliphatic hydroxyl groups excluding tert-OH is 1. The van der Waals surface area contributed by atoms with Crippen LogP contribution in [0, 0.1) is 11.8 Å². The maximum Gasteiger partial charge on any atom is 0.268 e. The van der Waals surface area contributed by atoms with Crippen LogP contribution in [0.5, 0.6) is 5.75 Å². The number of rotatable bonds is 6. The van der Waals surface area contributed by atoms with E-state index in [4.69, 9.17) is 15.7 Å². The number of anilines is 1. The summed E-state index contributed by atoms with van der Waals surface area (Å²) in [6.07, 6.45) is 0.0716. The van der Waals surface area contributed by atoms with Crippen molar-refractivity contribution in [3.05, 3.63) is 59.7 Å². The second-order valence-electron chi connectivity index (χ2n) is 6.61. The van der Waals surface area contributed by atoms with E-state index in [0.717, 1.165) is 0 Å². The number of ether oxygens (including phenoxy) is 1. The van der Waals surface area contributed by atoms with Gasteiger partial charge in [0.05, 0.1) is 6.10 Å². The number of nitrogens with two attached hydrogens (primary N) is 1. The highest BCUT2D eigenvalue weighted by atomic mass is 16.5. The summed E-state index contributed by atoms with van der Waals surface area (Å²) in [7, 11) is 0. The van der Waals surface area contributed by atoms with Gasteiger partial charge in [-0.25, -0.2) is 5.48 Å². The summed E-state index contributed by atoms with van der Waals surface area (Å²) in [6, 6.07) is 12.1. The van der Waals surface area contributed by atoms with E-state index < -0.39 is 24.0 Å². The Labute approximate surface area is 182 Å². The van der Waals surface area contributed by atoms with E-state index in [2.05, 4.69) is 31.0 Å². The SMILES string of the molecule is CC(O)C(NC(=O)c1ccc(C#CCOc2ccc(N)cc2)cc1)C(=O)NO.CCC. The lowest BCUT2D eigenvalue weighted by Gasteiger charge is -2.19. The van der Waals surface area contributed by atoms with E-state index in [1.54, 1.807) is 36.4 Å². The maximum atomic E-state index is 12.2. The van der Waals surface area contributed by atoms with Gasteiger partial charge in [0.25, 0.3) is 11.8 Å². The predicted molar refractivity (Wildman–Crippen MR) is 118 cm³/mol. The molecule has 2 aromatic rings. The van der Waals surface area contributed by atoms with Crippen LogP contribution in [0.4, 0.5) is 5.69 Å². The average Bonchev–Trinajstić information content (AvgIpc) is 2.76. The first-order valence-electron chi connectivity index (χ1n) is 9.82. The highest BCUT2D eigenvalue weighted by molar-refractivity contribution is 5.97. The van der Waals surface area contributed by atoms with Gasteiger partial charge in [-0.3, -0.25) is 14.8 Å². The Hall–Kier alpha value is -3.54. The van der Waals surface area contributed by atoms with E-state index in [9.17, 15) is 14.7 Å². The van der Waals surface area contributed by atoms with Crippen molar-refractivity contribution in [1.29, 1.82) is 0 Å². The zero-order valence-corrected chi connectivity index (χ0v) is 17.9. The molecule has 0 aliphatic rings. The lowest BCUT2D eigenvalue weighted by atomic mass is 10.1. The molecule has 0 aliphatic heterocycles. The van der Waals surface area contributed by atoms with Crippen LogP contribution in [0.1, 0.15) is 43.1 Å². The molecule has 166 valence electrons. The van der Waals surface area contributed by atoms with Crippen LogP contribution in [-0.2, 0) is 4.79 Å². The van der Waals surface area contributed by atoms with Crippen molar-refractivity contribution in [1.82, 2.24) is 10.8 Å². The topological polar surface area (TPSA) is 134 Å². The summed E-state index contributed by atoms with van der Waals surface area (Å²) in [5.74, 6) is 4.96. The fraction of sp³-hybridized carbons (Fsp3) is 0.304. The Bertz CT molecular complexity index is 884. The van der Waals surface area contributed by atoms with Crippen molar-refractivity contribution in [2.45, 2.75) is 39.3 Å². The molecule has 31 heavy (non-hydrogen) atoms. The van der Waals surface area contributed by atoms with Crippen LogP contribution in [-0.4, -0.2) is 40.9 Å². The highest BCUT2D eigenvalue weighted by Crippen LogP contribution is 2.12. The quantitative estimate of drug-likeness (QED) is 0.207. The lowest BCUT2D eigenvalue weighted by Crippen LogP contribution is -2.51. The number of aliphatic hydroxyl groups is 1. The Morgan fingerprint density at radius 1 is 1.10 bits per heavy atom. The fourth-order valence-electron chi connectivity index (χ4n) is 2.23. The average molecular weight is 428 g/mol. The van der Waals surface area contributed by atoms with Gasteiger partial charge in [-0.05, 0) is 55.5 Å². The Morgan fingerprint density at radius 2 is 1.68 bits per heavy atom. The largest absolute Gasteiger partial charge is 0.481 e. The minimum absolute atomic E-state index is 0.193. The third-order valence-electron chi connectivity index (χ3n) is 3.73. The van der Waals surface area contributed by atoms with E-state index in [1.807, 2.05) is 0 Å². The van der Waals surface area contributed by atoms with Gasteiger partial charge in [-0.1, -0.05) is 32.1 Å². The summed E-state index contributed by atoms with van der Waals surface area (Å²) >= 11 is 0. The van der Waals surface area contributed by atoms with E-state index in [-0.39, 0.29) is 12.2 Å². The maximum absolute atomic E-state index is 12.2. The zero-order valence-electron chi connectivity index (χ0n) is 17.9. The molecule has 8 heteroatoms. The van der Waals surface area contributed by atoms with Crippen LogP contribution in [0.2, 0.25) is 0 Å². The van der Waals surface area contributed by atoms with Gasteiger partial charge in [-0.2, -0.15) is 0 Å². The van der Waals surface area contributed by atoms with Gasteiger partial charge >= 0.3 is 0 Å². The number of benzene rings is 2. The molecule has 2 rings (SSSR count). The van der Waals surface area contributed by atoms with Crippen LogP contribution >= 0.6 is 0 Å². The van der Waals surface area contributed by atoms with Crippen molar-refractivity contribution in [2.75, 3.05) is 12.3 Å². The van der Waals surface area contributed by atoms with Crippen molar-refractivity contribution < 1.29 is 24.6 Å². The van der Waals surface area contributed by atoms with Gasteiger partial charge < -0.3 is 20.9 Å². The first kappa shape index (κ1) is 25.5. The van der Waals surface area contributed by atoms with Gasteiger partial charge in [0, 0.05) is 16.8 Å². The summed E-state index contributed by atoms with van der Waals surface area (Å²) in [4.78, 5) is 23.7. The highest BCUT2D eigenvalue weighted by Gasteiger charge is 2.25. The first-order valence-corrected chi connectivity index (χ1v) is 9.82. The number of nitrogens with one attached hydrogen (secondary N) is 2. The van der Waals surface area contributed by atoms with Crippen molar-refractivity contribution in [3.63, 3.8) is 0 Å². The molecule has 0 radical (unpaired) electrons. The van der Waals surface area contributed by atoms with Crippen LogP contribution in [0.3, 0.4) is 0 Å². The minimum Gasteiger partial charge on any atom is -0.481 e. The summed E-state index contributed by atoms with van der Waals surface area (Å²) < 4.78 is 5.47. The molecule has 8 nitrogen and oxygen atoms in total. The number of hydroxylamine groups is 1. The molecule has 0 spiro atoms. The molecule has 0 aliphatic carbocycles. The van der Waals surface area contributed by atoms with Crippen molar-refractivity contribution >= 4 is 17.5 Å². The predicted octanol–water partition coefficient (Wildman–Crippen LogP) is 2.10. The van der Waals surface area contributed by atoms with E-state index in [0.29, 0.717) is 17.0 Å². The Balaban J connectivity index is 0.00000151. The molecule has 0 saturated heterocycles. The van der Waals surface area contributed by atoms with Crippen LogP contribution in [0.15, 0.2) is 48.5 Å². The number of carbonyl (C=O) groups is 2. The minimum atomic E-state index is -1.28. The van der Waals surface area contributed by atoms with Crippen LogP contribution in [0.25, 0.3) is 0 Å². The third kappa shape index (κ3) is 9.21. The molecule has 0 fully saturated rings. The normalized spacial score (nSPS) is 11.5. The molecule has 0 saturated carbocycles. The van der Waals surface area contributed by atoms with Crippen molar-refractivity contribution in [3.8, 4) is 17.6 Å². The molecule has 0 heterocycles. The Kier molecular flexibility index (Phi) is 11.2. The Morgan fingerprint density at radius 3 is 2.19 bits per heavy atom. The number of nitrogen functional groups attached to an aromatic ring is 1. The molecular weight excluding hydrogens is 398 g/mol. The number of hydrogen-bond acceptors (Lipinski definition) is 6. The molecule has 2 unspecified atom stereocenters. The molecule has 0 bridgehead atoms. The van der Waals surface area contributed by atoms with Gasteiger partial charge in [-0.15, -0.1) is 0 Å². The zero-order chi connectivity index (χ0) is 23.2. The van der Waals surface area contributed by atoms with Gasteiger partial charge in [0.1, 0.15) is 18.4 Å². The number of hydrogen-bond donors (Lipinski definition) is 5. The van der Waals surface area contributed by atoms with Crippen LogP contribution < -0.4 is 21.3 Å². The van der Waals surface area contributed by atoms with E-state index >= 15 is 0 Å². The van der Waals surface area contributed by atoms with Gasteiger partial charge in [0.2, 0.25) is 0 Å². The standard InChI is InChI=1S/C20H21N3O5.C3H8/c1-13(24)18(20(26)23-27)22-19(25)15-6-4-14(5-7-15)3-2-12-28-17-10-8-16(21)9-11-17;1-3-2/h4-11,13,18,24,27H,12,21H2,1H3,(H,22,25)(H,23,26);3H2,1-2H3. The lowest BCUT2D eigenvalue weighted by molar-refractivity contribution is -0.133. The smallest absolute Gasteiger partial charge is 0.268 e. The summed E-state index contributed by atoms with van der Waals surface area (Å²) in [5.41, 5.74) is 8.61. The van der Waals surface area contributed by atoms with Gasteiger partial charge in [0.15, 0.2) is 0 Å². The monoisotopic (exact) mass is 427 g/mol. The van der Waals surface area contributed by atoms with Crippen molar-refractivity contribution in [2.24, 2.45) is 0 Å². The van der Waals surface area contributed by atoms with E-state index in [1.165, 1.54) is 31.0 Å². The third-order valence-corrected chi connectivity index (χ3v) is 3.73. The molecular formula is C23H29N3O5.